The molecule has 9 heteroatoms. The average molecular weight is 484 g/mol. The lowest BCUT2D eigenvalue weighted by Crippen LogP contribution is -2.26. The van der Waals surface area contributed by atoms with Crippen molar-refractivity contribution in [2.24, 2.45) is 10.8 Å². The van der Waals surface area contributed by atoms with Crippen molar-refractivity contribution in [3.63, 3.8) is 0 Å². The van der Waals surface area contributed by atoms with E-state index in [0.717, 1.165) is 35.5 Å². The van der Waals surface area contributed by atoms with Gasteiger partial charge < -0.3 is 15.6 Å². The van der Waals surface area contributed by atoms with Crippen molar-refractivity contribution in [2.75, 3.05) is 4.90 Å². The van der Waals surface area contributed by atoms with Gasteiger partial charge >= 0.3 is 0 Å². The zero-order valence-electron chi connectivity index (χ0n) is 18.2. The topological polar surface area (TPSA) is 106 Å². The molecule has 0 saturated carbocycles. The molecule has 0 spiro atoms. The van der Waals surface area contributed by atoms with Gasteiger partial charge in [-0.1, -0.05) is 60.7 Å². The lowest BCUT2D eigenvalue weighted by atomic mass is 10.1. The number of H-pyrrole nitrogens is 1. The van der Waals surface area contributed by atoms with Crippen LogP contribution in [0.3, 0.4) is 0 Å². The van der Waals surface area contributed by atoms with Gasteiger partial charge in [-0.25, -0.2) is 10.4 Å². The Balaban J connectivity index is 0.00000193. The molecule has 33 heavy (non-hydrogen) atoms. The number of hydrogen-bond donors (Lipinski definition) is 4. The number of nitrogens with zero attached hydrogens (tertiary/aromatic N) is 3. The summed E-state index contributed by atoms with van der Waals surface area (Å²) in [6, 6.07) is 24.9. The number of anilines is 1. The van der Waals surface area contributed by atoms with Crippen LogP contribution in [0.15, 0.2) is 84.1 Å². The van der Waals surface area contributed by atoms with E-state index in [1.807, 2.05) is 31.3 Å². The van der Waals surface area contributed by atoms with E-state index in [0.29, 0.717) is 5.71 Å². The number of halogens is 2. The van der Waals surface area contributed by atoms with E-state index in [1.54, 1.807) is 0 Å². The number of aromatic nitrogens is 2. The number of rotatable bonds is 7. The molecular formula is C24H27Cl2N7. The first-order chi connectivity index (χ1) is 15.1. The molecule has 5 N–H and O–H groups in total. The van der Waals surface area contributed by atoms with Crippen molar-refractivity contribution in [3.05, 3.63) is 95.8 Å². The van der Waals surface area contributed by atoms with Crippen LogP contribution in [0.1, 0.15) is 23.7 Å². The molecule has 0 fully saturated rings. The lowest BCUT2D eigenvalue weighted by Gasteiger charge is -2.24. The van der Waals surface area contributed by atoms with E-state index in [9.17, 15) is 0 Å². The molecule has 0 amide bonds. The van der Waals surface area contributed by atoms with Crippen LogP contribution < -0.4 is 16.1 Å². The Bertz CT molecular complexity index is 1170. The second kappa shape index (κ2) is 11.9. The van der Waals surface area contributed by atoms with Crippen molar-refractivity contribution in [1.82, 2.24) is 15.4 Å². The fourth-order valence-corrected chi connectivity index (χ4v) is 3.42. The fourth-order valence-electron chi connectivity index (χ4n) is 3.42. The Kier molecular flexibility index (Phi) is 9.27. The summed E-state index contributed by atoms with van der Waals surface area (Å²) < 4.78 is 0. The van der Waals surface area contributed by atoms with E-state index in [1.165, 1.54) is 11.1 Å². The van der Waals surface area contributed by atoms with Crippen LogP contribution in [0.4, 0.5) is 5.82 Å². The van der Waals surface area contributed by atoms with Gasteiger partial charge in [0.25, 0.3) is 0 Å². The second-order valence-corrected chi connectivity index (χ2v) is 7.36. The molecule has 4 aromatic rings. The number of hydrazone groups is 1. The monoisotopic (exact) mass is 483 g/mol. The maximum Gasteiger partial charge on any atom is 0.206 e. The van der Waals surface area contributed by atoms with Crippen molar-refractivity contribution >= 4 is 53.2 Å². The van der Waals surface area contributed by atoms with E-state index in [4.69, 9.17) is 16.1 Å². The van der Waals surface area contributed by atoms with Crippen LogP contribution in [0.25, 0.3) is 10.9 Å². The molecule has 0 aliphatic heterocycles. The number of aromatic amines is 1. The Labute approximate surface area is 205 Å². The number of nitrogens with two attached hydrogens (primary N) is 1. The van der Waals surface area contributed by atoms with Crippen molar-refractivity contribution in [2.45, 2.75) is 20.0 Å². The minimum absolute atomic E-state index is 0. The summed E-state index contributed by atoms with van der Waals surface area (Å²) in [6.07, 6.45) is 1.85. The highest BCUT2D eigenvalue weighted by Gasteiger charge is 2.12. The number of benzene rings is 2. The lowest BCUT2D eigenvalue weighted by molar-refractivity contribution is 0.785. The largest absolute Gasteiger partial charge is 0.369 e. The van der Waals surface area contributed by atoms with Crippen molar-refractivity contribution < 1.29 is 0 Å². The summed E-state index contributed by atoms with van der Waals surface area (Å²) >= 11 is 0. The average Bonchev–Trinajstić information content (AvgIpc) is 3.22. The first-order valence-corrected chi connectivity index (χ1v) is 10.0. The first kappa shape index (κ1) is 25.7. The molecule has 2 aromatic carbocycles. The Morgan fingerprint density at radius 1 is 1.00 bits per heavy atom. The van der Waals surface area contributed by atoms with E-state index in [2.05, 4.69) is 75.0 Å². The Morgan fingerprint density at radius 2 is 1.58 bits per heavy atom. The maximum atomic E-state index is 7.25. The van der Waals surface area contributed by atoms with Crippen LogP contribution in [0.2, 0.25) is 0 Å². The summed E-state index contributed by atoms with van der Waals surface area (Å²) in [4.78, 5) is 10.3. The van der Waals surface area contributed by atoms with Gasteiger partial charge in [-0.2, -0.15) is 5.10 Å². The van der Waals surface area contributed by atoms with Gasteiger partial charge in [0.15, 0.2) is 0 Å². The predicted molar refractivity (Wildman–Crippen MR) is 141 cm³/mol. The summed E-state index contributed by atoms with van der Waals surface area (Å²) in [7, 11) is 0. The number of nitrogens with one attached hydrogen (secondary N) is 3. The zero-order chi connectivity index (χ0) is 21.6. The molecule has 4 rings (SSSR count). The molecule has 2 heterocycles. The van der Waals surface area contributed by atoms with Crippen LogP contribution in [0, 0.1) is 5.41 Å². The summed E-state index contributed by atoms with van der Waals surface area (Å²) in [5.74, 6) is 0.707. The quantitative estimate of drug-likeness (QED) is 0.171. The van der Waals surface area contributed by atoms with Gasteiger partial charge in [0.05, 0.1) is 23.1 Å². The summed E-state index contributed by atoms with van der Waals surface area (Å²) in [5, 5.41) is 12.4. The molecule has 0 aliphatic rings. The smallest absolute Gasteiger partial charge is 0.206 e. The number of pyridine rings is 1. The molecule has 0 unspecified atom stereocenters. The van der Waals surface area contributed by atoms with Crippen molar-refractivity contribution in [3.8, 4) is 0 Å². The van der Waals surface area contributed by atoms with Gasteiger partial charge in [0.1, 0.15) is 5.82 Å². The van der Waals surface area contributed by atoms with Crippen LogP contribution in [-0.4, -0.2) is 21.6 Å². The first-order valence-electron chi connectivity index (χ1n) is 10.0. The Morgan fingerprint density at radius 3 is 2.12 bits per heavy atom. The van der Waals surface area contributed by atoms with Crippen LogP contribution >= 0.6 is 24.8 Å². The van der Waals surface area contributed by atoms with E-state index >= 15 is 0 Å². The molecule has 0 atom stereocenters. The molecule has 0 radical (unpaired) electrons. The molecule has 7 nitrogen and oxygen atoms in total. The number of hydrogen-bond acceptors (Lipinski definition) is 4. The van der Waals surface area contributed by atoms with Crippen LogP contribution in [0.5, 0.6) is 0 Å². The minimum atomic E-state index is -0.197. The number of guanidine groups is 1. The molecular weight excluding hydrogens is 457 g/mol. The van der Waals surface area contributed by atoms with Gasteiger partial charge in [-0.05, 0) is 30.2 Å². The zero-order valence-corrected chi connectivity index (χ0v) is 19.8. The minimum Gasteiger partial charge on any atom is -0.369 e. The van der Waals surface area contributed by atoms with Gasteiger partial charge in [0, 0.05) is 18.5 Å². The van der Waals surface area contributed by atoms with Gasteiger partial charge in [-0.15, -0.1) is 24.8 Å². The molecule has 0 bridgehead atoms. The fraction of sp³-hybridized carbons (Fsp3) is 0.125. The molecule has 0 saturated heterocycles. The second-order valence-electron chi connectivity index (χ2n) is 7.36. The predicted octanol–water partition coefficient (Wildman–Crippen LogP) is 4.82. The number of fused-ring (bicyclic) bond motifs is 1. The highest BCUT2D eigenvalue weighted by molar-refractivity contribution is 6.02. The SMILES string of the molecule is C/C(=N\NC(=N)N)c1cc2cc(N(Cc3ccccc3)Cc3ccccc3)ncc2[nH]1.Cl.Cl. The maximum absolute atomic E-state index is 7.25. The van der Waals surface area contributed by atoms with Crippen LogP contribution in [-0.2, 0) is 13.1 Å². The highest BCUT2D eigenvalue weighted by Crippen LogP contribution is 2.24. The van der Waals surface area contributed by atoms with E-state index < -0.39 is 0 Å². The van der Waals surface area contributed by atoms with E-state index in [-0.39, 0.29) is 30.8 Å². The van der Waals surface area contributed by atoms with Gasteiger partial charge in [-0.3, -0.25) is 5.41 Å². The van der Waals surface area contributed by atoms with Gasteiger partial charge in [0.2, 0.25) is 5.96 Å². The molecule has 2 aromatic heterocycles. The third-order valence-electron chi connectivity index (χ3n) is 4.98. The summed E-state index contributed by atoms with van der Waals surface area (Å²) in [6.45, 7) is 3.37. The molecule has 172 valence electrons. The standard InChI is InChI=1S/C24H25N7.2ClH/c1-17(29-30-24(25)26)21-12-20-13-23(27-14-22(20)28-21)31(15-18-8-4-2-5-9-18)16-19-10-6-3-7-11-19;;/h2-14,28H,15-16H2,1H3,(H4,25,26,30);2*1H/b29-17+;;. The normalized spacial score (nSPS) is 10.8. The highest BCUT2D eigenvalue weighted by atomic mass is 35.5. The third kappa shape index (κ3) is 6.71. The Hall–Kier alpha value is -3.55. The molecule has 0 aliphatic carbocycles. The van der Waals surface area contributed by atoms with Crippen molar-refractivity contribution in [1.29, 1.82) is 5.41 Å². The third-order valence-corrected chi connectivity index (χ3v) is 4.98. The summed E-state index contributed by atoms with van der Waals surface area (Å²) in [5.41, 5.74) is 12.7.